The summed E-state index contributed by atoms with van der Waals surface area (Å²) in [5, 5.41) is 3.11. The van der Waals surface area contributed by atoms with Crippen LogP contribution in [0.2, 0.25) is 0 Å². The summed E-state index contributed by atoms with van der Waals surface area (Å²) in [6.07, 6.45) is 5.81. The van der Waals surface area contributed by atoms with E-state index in [1.165, 1.54) is 0 Å². The number of amides is 1. The number of hydrogen-bond acceptors (Lipinski definition) is 4. The molecular weight excluding hydrogens is 330 g/mol. The highest BCUT2D eigenvalue weighted by Crippen LogP contribution is 2.27. The lowest BCUT2D eigenvalue weighted by atomic mass is 9.80. The van der Waals surface area contributed by atoms with Crippen LogP contribution in [0.4, 0.5) is 0 Å². The van der Waals surface area contributed by atoms with Crippen molar-refractivity contribution in [3.63, 3.8) is 0 Å². The predicted molar refractivity (Wildman–Crippen MR) is 104 cm³/mol. The lowest BCUT2D eigenvalue weighted by Gasteiger charge is -2.29. The van der Waals surface area contributed by atoms with Crippen LogP contribution in [0.5, 0.6) is 0 Å². The fraction of sp³-hybridized carbons (Fsp3) is 0.905. The third-order valence-electron chi connectivity index (χ3n) is 4.78. The third kappa shape index (κ3) is 10.3. The largest absolute Gasteiger partial charge is 0.381 e. The third-order valence-corrected chi connectivity index (χ3v) is 4.78. The van der Waals surface area contributed by atoms with Crippen molar-refractivity contribution in [3.05, 3.63) is 0 Å². The highest BCUT2D eigenvalue weighted by molar-refractivity contribution is 5.83. The summed E-state index contributed by atoms with van der Waals surface area (Å²) in [6, 6.07) is 0.234. The smallest absolute Gasteiger partial charge is 0.220 e. The molecule has 0 bridgehead atoms. The molecule has 5 heteroatoms. The van der Waals surface area contributed by atoms with Gasteiger partial charge in [-0.2, -0.15) is 0 Å². The molecule has 0 heterocycles. The van der Waals surface area contributed by atoms with E-state index in [-0.39, 0.29) is 23.8 Å². The van der Waals surface area contributed by atoms with Crippen molar-refractivity contribution in [2.75, 3.05) is 26.4 Å². The Morgan fingerprint density at radius 1 is 0.923 bits per heavy atom. The molecule has 0 aromatic rings. The Morgan fingerprint density at radius 3 is 2.15 bits per heavy atom. The maximum atomic E-state index is 12.0. The normalized spacial score (nSPS) is 20.5. The molecule has 1 amide bonds. The minimum atomic E-state index is 0.104. The number of hydrogen-bond donors (Lipinski definition) is 1. The van der Waals surface area contributed by atoms with Crippen LogP contribution in [-0.2, 0) is 19.1 Å². The van der Waals surface area contributed by atoms with Gasteiger partial charge < -0.3 is 14.8 Å². The van der Waals surface area contributed by atoms with E-state index >= 15 is 0 Å². The molecular formula is C21H39NO4. The molecule has 0 saturated heterocycles. The monoisotopic (exact) mass is 369 g/mol. The summed E-state index contributed by atoms with van der Waals surface area (Å²) in [5.74, 6) is 1.36. The second-order valence-electron chi connectivity index (χ2n) is 8.21. The average molecular weight is 370 g/mol. The molecule has 26 heavy (non-hydrogen) atoms. The predicted octanol–water partition coefficient (Wildman–Crippen LogP) is 3.75. The maximum Gasteiger partial charge on any atom is 0.220 e. The van der Waals surface area contributed by atoms with Crippen LogP contribution < -0.4 is 5.32 Å². The fourth-order valence-corrected chi connectivity index (χ4v) is 3.31. The van der Waals surface area contributed by atoms with Crippen LogP contribution in [0.25, 0.3) is 0 Å². The Morgan fingerprint density at radius 2 is 1.54 bits per heavy atom. The van der Waals surface area contributed by atoms with Gasteiger partial charge in [0.05, 0.1) is 0 Å². The van der Waals surface area contributed by atoms with Crippen molar-refractivity contribution in [2.24, 2.45) is 17.8 Å². The van der Waals surface area contributed by atoms with E-state index in [1.54, 1.807) is 0 Å². The molecule has 1 fully saturated rings. The fourth-order valence-electron chi connectivity index (χ4n) is 3.31. The summed E-state index contributed by atoms with van der Waals surface area (Å²) >= 11 is 0. The zero-order chi connectivity index (χ0) is 19.4. The van der Waals surface area contributed by atoms with Crippen molar-refractivity contribution < 1.29 is 19.1 Å². The van der Waals surface area contributed by atoms with E-state index in [9.17, 15) is 9.59 Å². The molecule has 1 aliphatic rings. The van der Waals surface area contributed by atoms with Crippen LogP contribution in [0.3, 0.4) is 0 Å². The average Bonchev–Trinajstić information content (AvgIpc) is 2.60. The molecule has 0 atom stereocenters. The number of carbonyl (C=O) groups is 2. The maximum absolute atomic E-state index is 12.0. The Hall–Kier alpha value is -0.940. The molecule has 1 rings (SSSR count). The number of rotatable bonds is 13. The molecule has 1 N–H and O–H groups in total. The van der Waals surface area contributed by atoms with Crippen molar-refractivity contribution in [1.29, 1.82) is 0 Å². The second kappa shape index (κ2) is 13.3. The molecule has 0 unspecified atom stereocenters. The van der Waals surface area contributed by atoms with Crippen LogP contribution >= 0.6 is 0 Å². The first kappa shape index (κ1) is 23.1. The van der Waals surface area contributed by atoms with Gasteiger partial charge in [0.2, 0.25) is 5.91 Å². The first-order valence-electron chi connectivity index (χ1n) is 10.4. The molecule has 152 valence electrons. The molecule has 1 saturated carbocycles. The SMILES string of the molecule is CC(C)COCCCOCCCC(=O)NC1CCC(C(=O)C(C)C)CC1. The van der Waals surface area contributed by atoms with E-state index in [0.29, 0.717) is 31.3 Å². The zero-order valence-electron chi connectivity index (χ0n) is 17.2. The van der Waals surface area contributed by atoms with Gasteiger partial charge in [-0.25, -0.2) is 0 Å². The lowest BCUT2D eigenvalue weighted by Crippen LogP contribution is -2.39. The standard InChI is InChI=1S/C21H39NO4/c1-16(2)15-26-14-6-13-25-12-5-7-20(23)22-19-10-8-18(9-11-19)21(24)17(3)4/h16-19H,5-15H2,1-4H3,(H,22,23). The first-order valence-corrected chi connectivity index (χ1v) is 10.4. The van der Waals surface area contributed by atoms with E-state index in [0.717, 1.165) is 51.7 Å². The van der Waals surface area contributed by atoms with Gasteiger partial charge in [0.25, 0.3) is 0 Å². The zero-order valence-corrected chi connectivity index (χ0v) is 17.2. The molecule has 0 aromatic carbocycles. The number of carbonyl (C=O) groups excluding carboxylic acids is 2. The highest BCUT2D eigenvalue weighted by Gasteiger charge is 2.27. The topological polar surface area (TPSA) is 64.6 Å². The quantitative estimate of drug-likeness (QED) is 0.502. The Kier molecular flexibility index (Phi) is 11.8. The Bertz CT molecular complexity index is 401. The van der Waals surface area contributed by atoms with Gasteiger partial charge in [0.15, 0.2) is 0 Å². The molecule has 0 spiro atoms. The van der Waals surface area contributed by atoms with Gasteiger partial charge in [-0.15, -0.1) is 0 Å². The van der Waals surface area contributed by atoms with E-state index < -0.39 is 0 Å². The van der Waals surface area contributed by atoms with Gasteiger partial charge >= 0.3 is 0 Å². The minimum absolute atomic E-state index is 0.104. The summed E-state index contributed by atoms with van der Waals surface area (Å²) < 4.78 is 11.0. The van der Waals surface area contributed by atoms with Gasteiger partial charge in [-0.1, -0.05) is 27.7 Å². The van der Waals surface area contributed by atoms with Crippen molar-refractivity contribution in [2.45, 2.75) is 78.7 Å². The number of Topliss-reactive ketones (excluding diaryl/α,β-unsaturated/α-hetero) is 1. The van der Waals surface area contributed by atoms with Crippen molar-refractivity contribution in [1.82, 2.24) is 5.32 Å². The van der Waals surface area contributed by atoms with Crippen LogP contribution in [0.15, 0.2) is 0 Å². The van der Waals surface area contributed by atoms with Crippen LogP contribution in [0, 0.1) is 17.8 Å². The van der Waals surface area contributed by atoms with E-state index in [2.05, 4.69) is 19.2 Å². The lowest BCUT2D eigenvalue weighted by molar-refractivity contribution is -0.127. The summed E-state index contributed by atoms with van der Waals surface area (Å²) in [5.41, 5.74) is 0. The number of ketones is 1. The summed E-state index contributed by atoms with van der Waals surface area (Å²) in [7, 11) is 0. The Labute approximate surface area is 159 Å². The summed E-state index contributed by atoms with van der Waals surface area (Å²) in [4.78, 5) is 24.1. The van der Waals surface area contributed by atoms with E-state index in [1.807, 2.05) is 13.8 Å². The molecule has 0 aromatic heterocycles. The highest BCUT2D eigenvalue weighted by atomic mass is 16.5. The Balaban J connectivity index is 1.98. The molecule has 1 aliphatic carbocycles. The number of ether oxygens (including phenoxy) is 2. The second-order valence-corrected chi connectivity index (χ2v) is 8.21. The molecule has 5 nitrogen and oxygen atoms in total. The first-order chi connectivity index (χ1) is 12.4. The van der Waals surface area contributed by atoms with Crippen LogP contribution in [-0.4, -0.2) is 44.2 Å². The van der Waals surface area contributed by atoms with Crippen molar-refractivity contribution in [3.8, 4) is 0 Å². The van der Waals surface area contributed by atoms with Gasteiger partial charge in [0, 0.05) is 50.7 Å². The molecule has 0 radical (unpaired) electrons. The van der Waals surface area contributed by atoms with Crippen LogP contribution in [0.1, 0.15) is 72.6 Å². The van der Waals surface area contributed by atoms with E-state index in [4.69, 9.17) is 9.47 Å². The summed E-state index contributed by atoms with van der Waals surface area (Å²) in [6.45, 7) is 11.1. The van der Waals surface area contributed by atoms with Gasteiger partial charge in [-0.05, 0) is 44.4 Å². The van der Waals surface area contributed by atoms with Crippen molar-refractivity contribution >= 4 is 11.7 Å². The minimum Gasteiger partial charge on any atom is -0.381 e. The molecule has 0 aliphatic heterocycles. The number of nitrogens with one attached hydrogen (secondary N) is 1. The van der Waals surface area contributed by atoms with Gasteiger partial charge in [0.1, 0.15) is 5.78 Å². The van der Waals surface area contributed by atoms with Gasteiger partial charge in [-0.3, -0.25) is 9.59 Å².